The Morgan fingerprint density at radius 2 is 2.26 bits per heavy atom. The van der Waals surface area contributed by atoms with Gasteiger partial charge in [0, 0.05) is 6.42 Å². The Morgan fingerprint density at radius 3 is 3.16 bits per heavy atom. The third-order valence-corrected chi connectivity index (χ3v) is 3.89. The van der Waals surface area contributed by atoms with Gasteiger partial charge in [-0.15, -0.1) is 10.2 Å². The number of aromatic nitrogens is 3. The Balaban J connectivity index is 1.67. The monoisotopic (exact) mass is 259 g/mol. The smallest absolute Gasteiger partial charge is 0.162 e. The maximum Gasteiger partial charge on any atom is 0.162 e. The average Bonchev–Trinajstić information content (AvgIpc) is 2.97. The zero-order valence-corrected chi connectivity index (χ0v) is 10.4. The lowest BCUT2D eigenvalue weighted by Gasteiger charge is -2.22. The highest BCUT2D eigenvalue weighted by atomic mass is 19.1. The van der Waals surface area contributed by atoms with Gasteiger partial charge in [0.15, 0.2) is 5.82 Å². The van der Waals surface area contributed by atoms with Gasteiger partial charge in [-0.05, 0) is 30.5 Å². The Bertz CT molecular complexity index is 625. The zero-order valence-electron chi connectivity index (χ0n) is 10.4. The molecule has 2 aliphatic rings. The summed E-state index contributed by atoms with van der Waals surface area (Å²) in [6.07, 6.45) is 3.13. The number of rotatable bonds is 2. The summed E-state index contributed by atoms with van der Waals surface area (Å²) in [7, 11) is 0. The molecule has 0 spiro atoms. The molecule has 0 N–H and O–H groups in total. The van der Waals surface area contributed by atoms with Crippen molar-refractivity contribution in [3.05, 3.63) is 47.3 Å². The van der Waals surface area contributed by atoms with Gasteiger partial charge < -0.3 is 9.30 Å². The van der Waals surface area contributed by atoms with E-state index < -0.39 is 0 Å². The lowest BCUT2D eigenvalue weighted by Crippen LogP contribution is -2.25. The highest BCUT2D eigenvalue weighted by Gasteiger charge is 2.36. The molecule has 0 aliphatic carbocycles. The lowest BCUT2D eigenvalue weighted by atomic mass is 10.1. The molecule has 2 atom stereocenters. The summed E-state index contributed by atoms with van der Waals surface area (Å²) in [6.45, 7) is 0.823. The minimum absolute atomic E-state index is 0.104. The first-order chi connectivity index (χ1) is 9.29. The second kappa shape index (κ2) is 4.13. The Morgan fingerprint density at radius 1 is 1.32 bits per heavy atom. The van der Waals surface area contributed by atoms with Gasteiger partial charge in [0.2, 0.25) is 0 Å². The topological polar surface area (TPSA) is 39.9 Å². The first kappa shape index (κ1) is 11.1. The fraction of sp³-hybridized carbons (Fsp3) is 0.429. The van der Waals surface area contributed by atoms with Crippen molar-refractivity contribution in [3.63, 3.8) is 0 Å². The molecule has 5 heteroatoms. The van der Waals surface area contributed by atoms with Gasteiger partial charge in [-0.1, -0.05) is 12.1 Å². The molecular formula is C14H14FN3O. The molecule has 19 heavy (non-hydrogen) atoms. The highest BCUT2D eigenvalue weighted by molar-refractivity contribution is 5.21. The van der Waals surface area contributed by atoms with Crippen LogP contribution in [-0.2, 0) is 17.7 Å². The van der Waals surface area contributed by atoms with Gasteiger partial charge in [0.1, 0.15) is 17.7 Å². The van der Waals surface area contributed by atoms with Crippen LogP contribution in [0.2, 0.25) is 0 Å². The van der Waals surface area contributed by atoms with E-state index in [1.165, 1.54) is 6.07 Å². The number of nitrogens with zero attached hydrogens (tertiary/aromatic N) is 3. The molecule has 1 aromatic heterocycles. The van der Waals surface area contributed by atoms with Crippen molar-refractivity contribution in [2.24, 2.45) is 0 Å². The fourth-order valence-electron chi connectivity index (χ4n) is 2.98. The Kier molecular flexibility index (Phi) is 2.41. The molecular weight excluding hydrogens is 245 g/mol. The van der Waals surface area contributed by atoms with Gasteiger partial charge in [-0.3, -0.25) is 0 Å². The minimum Gasteiger partial charge on any atom is -0.365 e. The SMILES string of the molecule is Fc1cccc(Cc2nnc3n2C[C@H]2CC[C@@H]3O2)c1. The van der Waals surface area contributed by atoms with Gasteiger partial charge in [-0.25, -0.2) is 4.39 Å². The third kappa shape index (κ3) is 1.85. The molecule has 2 aromatic rings. The Labute approximate surface area is 110 Å². The summed E-state index contributed by atoms with van der Waals surface area (Å²) < 4.78 is 21.2. The number of fused-ring (bicyclic) bond motifs is 4. The largest absolute Gasteiger partial charge is 0.365 e. The van der Waals surface area contributed by atoms with E-state index in [4.69, 9.17) is 4.74 Å². The van der Waals surface area contributed by atoms with Crippen LogP contribution in [0.4, 0.5) is 4.39 Å². The molecule has 2 bridgehead atoms. The molecule has 4 rings (SSSR count). The van der Waals surface area contributed by atoms with Crippen LogP contribution >= 0.6 is 0 Å². The van der Waals surface area contributed by atoms with Crippen LogP contribution in [0, 0.1) is 5.82 Å². The van der Waals surface area contributed by atoms with E-state index in [1.54, 1.807) is 12.1 Å². The molecule has 0 unspecified atom stereocenters. The van der Waals surface area contributed by atoms with Crippen molar-refractivity contribution in [3.8, 4) is 0 Å². The summed E-state index contributed by atoms with van der Waals surface area (Å²) in [4.78, 5) is 0. The van der Waals surface area contributed by atoms with Crippen LogP contribution < -0.4 is 0 Å². The molecule has 98 valence electrons. The molecule has 1 saturated heterocycles. The number of hydrogen-bond donors (Lipinski definition) is 0. The lowest BCUT2D eigenvalue weighted by molar-refractivity contribution is 0.00521. The summed E-state index contributed by atoms with van der Waals surface area (Å²) in [5, 5.41) is 8.50. The normalized spacial score (nSPS) is 24.5. The molecule has 3 heterocycles. The zero-order chi connectivity index (χ0) is 12.8. The van der Waals surface area contributed by atoms with E-state index in [0.29, 0.717) is 12.5 Å². The number of halogens is 1. The quantitative estimate of drug-likeness (QED) is 0.830. The predicted octanol–water partition coefficient (Wildman–Crippen LogP) is 2.24. The second-order valence-electron chi connectivity index (χ2n) is 5.22. The van der Waals surface area contributed by atoms with E-state index in [-0.39, 0.29) is 11.9 Å². The van der Waals surface area contributed by atoms with Crippen molar-refractivity contribution in [2.45, 2.75) is 38.0 Å². The molecule has 4 nitrogen and oxygen atoms in total. The predicted molar refractivity (Wildman–Crippen MR) is 66.1 cm³/mol. The summed E-state index contributed by atoms with van der Waals surface area (Å²) in [5.41, 5.74) is 0.925. The maximum atomic E-state index is 13.2. The van der Waals surface area contributed by atoms with Gasteiger partial charge in [0.05, 0.1) is 12.6 Å². The maximum absolute atomic E-state index is 13.2. The molecule has 2 aliphatic heterocycles. The van der Waals surface area contributed by atoms with Crippen molar-refractivity contribution in [2.75, 3.05) is 0 Å². The standard InChI is InChI=1S/C14H14FN3O/c15-10-3-1-2-9(6-10)7-13-16-17-14-12-5-4-11(19-12)8-18(13)14/h1-3,6,11-12H,4-5,7-8H2/t11-,12+/m1/s1. The molecule has 1 fully saturated rings. The molecule has 0 saturated carbocycles. The molecule has 1 aromatic carbocycles. The Hall–Kier alpha value is -1.75. The van der Waals surface area contributed by atoms with Crippen molar-refractivity contribution < 1.29 is 9.13 Å². The van der Waals surface area contributed by atoms with Crippen molar-refractivity contribution in [1.29, 1.82) is 0 Å². The van der Waals surface area contributed by atoms with Crippen LogP contribution in [0.1, 0.15) is 36.2 Å². The summed E-state index contributed by atoms with van der Waals surface area (Å²) >= 11 is 0. The van der Waals surface area contributed by atoms with Crippen LogP contribution in [-0.4, -0.2) is 20.9 Å². The first-order valence-corrected chi connectivity index (χ1v) is 6.61. The van der Waals surface area contributed by atoms with Crippen LogP contribution in [0.15, 0.2) is 24.3 Å². The summed E-state index contributed by atoms with van der Waals surface area (Å²) in [5.74, 6) is 1.63. The average molecular weight is 259 g/mol. The van der Waals surface area contributed by atoms with E-state index in [0.717, 1.165) is 36.6 Å². The van der Waals surface area contributed by atoms with E-state index in [2.05, 4.69) is 14.8 Å². The van der Waals surface area contributed by atoms with E-state index in [1.807, 2.05) is 6.07 Å². The molecule has 0 radical (unpaired) electrons. The highest BCUT2D eigenvalue weighted by Crippen LogP contribution is 2.37. The van der Waals surface area contributed by atoms with Crippen LogP contribution in [0.3, 0.4) is 0 Å². The second-order valence-corrected chi connectivity index (χ2v) is 5.22. The van der Waals surface area contributed by atoms with Gasteiger partial charge in [0.25, 0.3) is 0 Å². The van der Waals surface area contributed by atoms with Gasteiger partial charge in [-0.2, -0.15) is 0 Å². The fourth-order valence-corrected chi connectivity index (χ4v) is 2.98. The summed E-state index contributed by atoms with van der Waals surface area (Å²) in [6, 6.07) is 6.65. The number of ether oxygens (including phenoxy) is 1. The number of benzene rings is 1. The first-order valence-electron chi connectivity index (χ1n) is 6.61. The van der Waals surface area contributed by atoms with E-state index in [9.17, 15) is 4.39 Å². The number of hydrogen-bond acceptors (Lipinski definition) is 3. The third-order valence-electron chi connectivity index (χ3n) is 3.89. The van der Waals surface area contributed by atoms with Gasteiger partial charge >= 0.3 is 0 Å². The van der Waals surface area contributed by atoms with Crippen molar-refractivity contribution >= 4 is 0 Å². The minimum atomic E-state index is -0.209. The molecule has 0 amide bonds. The van der Waals surface area contributed by atoms with Crippen LogP contribution in [0.25, 0.3) is 0 Å². The van der Waals surface area contributed by atoms with Crippen molar-refractivity contribution in [1.82, 2.24) is 14.8 Å². The van der Waals surface area contributed by atoms with E-state index >= 15 is 0 Å². The van der Waals surface area contributed by atoms with Crippen LogP contribution in [0.5, 0.6) is 0 Å².